The molecule has 14 heavy (non-hydrogen) atoms. The Kier molecular flexibility index (Phi) is 2.84. The van der Waals surface area contributed by atoms with Crippen molar-refractivity contribution in [3.63, 3.8) is 0 Å². The smallest absolute Gasteiger partial charge is 0.0644 e. The third-order valence-electron chi connectivity index (χ3n) is 3.78. The second-order valence-electron chi connectivity index (χ2n) is 5.43. The van der Waals surface area contributed by atoms with E-state index in [1.807, 2.05) is 6.92 Å². The lowest BCUT2D eigenvalue weighted by Crippen LogP contribution is -2.44. The molecule has 0 bridgehead atoms. The summed E-state index contributed by atoms with van der Waals surface area (Å²) >= 11 is 4.42. The molecule has 0 aromatic heterocycles. The zero-order chi connectivity index (χ0) is 10.2. The van der Waals surface area contributed by atoms with Gasteiger partial charge in [0.05, 0.1) is 5.60 Å². The van der Waals surface area contributed by atoms with Crippen LogP contribution in [0.2, 0.25) is 0 Å². The number of piperidine rings is 1. The molecule has 0 spiro atoms. The predicted octanol–water partition coefficient (Wildman–Crippen LogP) is 1.54. The van der Waals surface area contributed by atoms with E-state index < -0.39 is 5.60 Å². The average Bonchev–Trinajstić information content (AvgIpc) is 2.90. The monoisotopic (exact) mass is 215 g/mol. The molecule has 2 fully saturated rings. The highest BCUT2D eigenvalue weighted by Crippen LogP contribution is 2.47. The SMILES string of the molecule is CC1(O)CCN(CC2(CS)CC2)CC1. The Hall–Kier alpha value is 0.270. The molecule has 2 aliphatic rings. The van der Waals surface area contributed by atoms with Crippen molar-refractivity contribution in [2.75, 3.05) is 25.4 Å². The van der Waals surface area contributed by atoms with E-state index >= 15 is 0 Å². The molecule has 0 unspecified atom stereocenters. The molecule has 0 radical (unpaired) electrons. The number of nitrogens with zero attached hydrogens (tertiary/aromatic N) is 1. The maximum absolute atomic E-state index is 9.82. The molecule has 1 aliphatic carbocycles. The first-order valence-electron chi connectivity index (χ1n) is 5.61. The van der Waals surface area contributed by atoms with Crippen LogP contribution in [-0.4, -0.2) is 41.0 Å². The van der Waals surface area contributed by atoms with Crippen LogP contribution in [0, 0.1) is 5.41 Å². The van der Waals surface area contributed by atoms with Gasteiger partial charge in [0.25, 0.3) is 0 Å². The van der Waals surface area contributed by atoms with Gasteiger partial charge in [0.2, 0.25) is 0 Å². The Morgan fingerprint density at radius 3 is 2.21 bits per heavy atom. The van der Waals surface area contributed by atoms with Crippen molar-refractivity contribution in [2.45, 2.75) is 38.2 Å². The number of hydrogen-bond acceptors (Lipinski definition) is 3. The summed E-state index contributed by atoms with van der Waals surface area (Å²) in [6.07, 6.45) is 4.55. The quantitative estimate of drug-likeness (QED) is 0.698. The second kappa shape index (κ2) is 3.69. The van der Waals surface area contributed by atoms with Gasteiger partial charge in [-0.2, -0.15) is 12.6 Å². The fourth-order valence-electron chi connectivity index (χ4n) is 2.21. The van der Waals surface area contributed by atoms with Crippen LogP contribution in [0.5, 0.6) is 0 Å². The summed E-state index contributed by atoms with van der Waals surface area (Å²) in [5, 5.41) is 9.82. The van der Waals surface area contributed by atoms with E-state index in [0.29, 0.717) is 5.41 Å². The van der Waals surface area contributed by atoms with Gasteiger partial charge in [0, 0.05) is 19.6 Å². The number of likely N-dealkylation sites (tertiary alicyclic amines) is 1. The van der Waals surface area contributed by atoms with Crippen molar-refractivity contribution in [1.82, 2.24) is 4.90 Å². The van der Waals surface area contributed by atoms with Gasteiger partial charge in [-0.05, 0) is 43.8 Å². The highest BCUT2D eigenvalue weighted by molar-refractivity contribution is 7.80. The Balaban J connectivity index is 1.79. The molecule has 2 rings (SSSR count). The Labute approximate surface area is 92.1 Å². The molecule has 1 N–H and O–H groups in total. The molecule has 0 aromatic carbocycles. The Morgan fingerprint density at radius 2 is 1.79 bits per heavy atom. The molecule has 3 heteroatoms. The molecule has 82 valence electrons. The van der Waals surface area contributed by atoms with Gasteiger partial charge in [-0.25, -0.2) is 0 Å². The fourth-order valence-corrected chi connectivity index (χ4v) is 2.63. The molecule has 1 heterocycles. The van der Waals surface area contributed by atoms with Crippen molar-refractivity contribution >= 4 is 12.6 Å². The van der Waals surface area contributed by atoms with Crippen LogP contribution in [0.4, 0.5) is 0 Å². The summed E-state index contributed by atoms with van der Waals surface area (Å²) < 4.78 is 0. The number of hydrogen-bond donors (Lipinski definition) is 2. The maximum Gasteiger partial charge on any atom is 0.0644 e. The lowest BCUT2D eigenvalue weighted by molar-refractivity contribution is -0.00903. The van der Waals surface area contributed by atoms with E-state index in [1.54, 1.807) is 0 Å². The minimum Gasteiger partial charge on any atom is -0.390 e. The van der Waals surface area contributed by atoms with Gasteiger partial charge in [-0.1, -0.05) is 0 Å². The summed E-state index contributed by atoms with van der Waals surface area (Å²) in [6, 6.07) is 0. The van der Waals surface area contributed by atoms with Gasteiger partial charge in [-0.3, -0.25) is 0 Å². The first-order valence-corrected chi connectivity index (χ1v) is 6.24. The number of rotatable bonds is 3. The summed E-state index contributed by atoms with van der Waals surface area (Å²) in [5.41, 5.74) is 0.125. The number of aliphatic hydroxyl groups is 1. The van der Waals surface area contributed by atoms with Crippen molar-refractivity contribution in [3.05, 3.63) is 0 Å². The van der Waals surface area contributed by atoms with Crippen LogP contribution in [-0.2, 0) is 0 Å². The lowest BCUT2D eigenvalue weighted by Gasteiger charge is -2.37. The van der Waals surface area contributed by atoms with Gasteiger partial charge in [0.15, 0.2) is 0 Å². The predicted molar refractivity (Wildman–Crippen MR) is 61.8 cm³/mol. The highest BCUT2D eigenvalue weighted by Gasteiger charge is 2.43. The third-order valence-corrected chi connectivity index (χ3v) is 4.46. The zero-order valence-electron chi connectivity index (χ0n) is 9.00. The summed E-state index contributed by atoms with van der Waals surface area (Å²) in [7, 11) is 0. The summed E-state index contributed by atoms with van der Waals surface area (Å²) in [4.78, 5) is 2.50. The highest BCUT2D eigenvalue weighted by atomic mass is 32.1. The molecule has 1 saturated heterocycles. The molecule has 1 saturated carbocycles. The largest absolute Gasteiger partial charge is 0.390 e. The van der Waals surface area contributed by atoms with Crippen molar-refractivity contribution in [1.29, 1.82) is 0 Å². The third kappa shape index (κ3) is 2.44. The zero-order valence-corrected chi connectivity index (χ0v) is 9.89. The van der Waals surface area contributed by atoms with Crippen LogP contribution in [0.15, 0.2) is 0 Å². The van der Waals surface area contributed by atoms with Gasteiger partial charge in [0.1, 0.15) is 0 Å². The first-order chi connectivity index (χ1) is 6.55. The molecular formula is C11H21NOS. The Morgan fingerprint density at radius 1 is 1.21 bits per heavy atom. The molecule has 0 aromatic rings. The molecule has 0 amide bonds. The fraction of sp³-hybridized carbons (Fsp3) is 1.00. The molecule has 1 aliphatic heterocycles. The van der Waals surface area contributed by atoms with Crippen LogP contribution < -0.4 is 0 Å². The Bertz CT molecular complexity index is 203. The van der Waals surface area contributed by atoms with Gasteiger partial charge in [-0.15, -0.1) is 0 Å². The van der Waals surface area contributed by atoms with Gasteiger partial charge >= 0.3 is 0 Å². The van der Waals surface area contributed by atoms with E-state index in [0.717, 1.165) is 31.7 Å². The summed E-state index contributed by atoms with van der Waals surface area (Å²) in [6.45, 7) is 5.27. The van der Waals surface area contributed by atoms with Crippen LogP contribution >= 0.6 is 12.6 Å². The second-order valence-corrected chi connectivity index (χ2v) is 5.75. The first kappa shape index (κ1) is 10.8. The van der Waals surface area contributed by atoms with E-state index in [9.17, 15) is 5.11 Å². The standard InChI is InChI=1S/C11H21NOS/c1-10(13)4-6-12(7-5-10)8-11(9-14)2-3-11/h13-14H,2-9H2,1H3. The van der Waals surface area contributed by atoms with E-state index in [2.05, 4.69) is 17.5 Å². The molecule has 0 atom stereocenters. The topological polar surface area (TPSA) is 23.5 Å². The maximum atomic E-state index is 9.82. The van der Waals surface area contributed by atoms with Crippen molar-refractivity contribution in [2.24, 2.45) is 5.41 Å². The summed E-state index contributed by atoms with van der Waals surface area (Å²) in [5.74, 6) is 1.03. The number of thiol groups is 1. The molecular weight excluding hydrogens is 194 g/mol. The minimum atomic E-state index is -0.409. The molecule has 2 nitrogen and oxygen atoms in total. The van der Waals surface area contributed by atoms with Crippen molar-refractivity contribution < 1.29 is 5.11 Å². The normalized spacial score (nSPS) is 30.2. The van der Waals surface area contributed by atoms with Crippen LogP contribution in [0.1, 0.15) is 32.6 Å². The lowest BCUT2D eigenvalue weighted by atomic mass is 9.93. The van der Waals surface area contributed by atoms with Crippen LogP contribution in [0.3, 0.4) is 0 Å². The minimum absolute atomic E-state index is 0.409. The van der Waals surface area contributed by atoms with Crippen LogP contribution in [0.25, 0.3) is 0 Å². The van der Waals surface area contributed by atoms with Gasteiger partial charge < -0.3 is 10.0 Å². The van der Waals surface area contributed by atoms with E-state index in [4.69, 9.17) is 0 Å². The van der Waals surface area contributed by atoms with Crippen molar-refractivity contribution in [3.8, 4) is 0 Å². The van der Waals surface area contributed by atoms with E-state index in [1.165, 1.54) is 19.4 Å². The van der Waals surface area contributed by atoms with E-state index in [-0.39, 0.29) is 0 Å². The average molecular weight is 215 g/mol.